The SMILES string of the molecule is CCC(O)CNCC(C)=CCl. The Bertz CT molecular complexity index is 125. The summed E-state index contributed by atoms with van der Waals surface area (Å²) in [5, 5.41) is 12.2. The minimum Gasteiger partial charge on any atom is -0.392 e. The summed E-state index contributed by atoms with van der Waals surface area (Å²) < 4.78 is 0. The Morgan fingerprint density at radius 2 is 2.36 bits per heavy atom. The van der Waals surface area contributed by atoms with Crippen molar-refractivity contribution < 1.29 is 5.11 Å². The van der Waals surface area contributed by atoms with E-state index in [1.54, 1.807) is 5.54 Å². The molecule has 0 aromatic carbocycles. The molecule has 0 radical (unpaired) electrons. The van der Waals surface area contributed by atoms with Crippen LogP contribution >= 0.6 is 11.6 Å². The van der Waals surface area contributed by atoms with Crippen molar-refractivity contribution >= 4 is 11.6 Å². The molecule has 0 fully saturated rings. The van der Waals surface area contributed by atoms with Gasteiger partial charge in [-0.2, -0.15) is 0 Å². The molecule has 0 aliphatic carbocycles. The Hall–Kier alpha value is -0.0500. The molecule has 0 aliphatic heterocycles. The van der Waals surface area contributed by atoms with Gasteiger partial charge in [0.2, 0.25) is 0 Å². The minimum absolute atomic E-state index is 0.238. The van der Waals surface area contributed by atoms with Crippen molar-refractivity contribution in [1.82, 2.24) is 5.32 Å². The molecule has 0 heterocycles. The summed E-state index contributed by atoms with van der Waals surface area (Å²) in [5.74, 6) is 0. The van der Waals surface area contributed by atoms with Crippen LogP contribution in [0.1, 0.15) is 20.3 Å². The van der Waals surface area contributed by atoms with Crippen molar-refractivity contribution in [1.29, 1.82) is 0 Å². The standard InChI is InChI=1S/C8H16ClNO/c1-3-8(11)6-10-5-7(2)4-9/h4,8,10-11H,3,5-6H2,1-2H3. The predicted octanol–water partition coefficient (Wildman–Crippen LogP) is 1.49. The van der Waals surface area contributed by atoms with E-state index in [-0.39, 0.29) is 6.10 Å². The van der Waals surface area contributed by atoms with Gasteiger partial charge in [0.05, 0.1) is 6.10 Å². The lowest BCUT2D eigenvalue weighted by molar-refractivity contribution is 0.168. The van der Waals surface area contributed by atoms with Gasteiger partial charge in [-0.05, 0) is 18.9 Å². The van der Waals surface area contributed by atoms with Crippen molar-refractivity contribution in [3.8, 4) is 0 Å². The van der Waals surface area contributed by atoms with Crippen LogP contribution in [0.3, 0.4) is 0 Å². The van der Waals surface area contributed by atoms with Crippen molar-refractivity contribution in [3.63, 3.8) is 0 Å². The lowest BCUT2D eigenvalue weighted by atomic mass is 10.2. The van der Waals surface area contributed by atoms with Gasteiger partial charge in [0.1, 0.15) is 0 Å². The zero-order chi connectivity index (χ0) is 8.69. The third-order valence-corrected chi connectivity index (χ3v) is 1.81. The summed E-state index contributed by atoms with van der Waals surface area (Å²) in [5.41, 5.74) is 2.63. The molecular weight excluding hydrogens is 162 g/mol. The molecule has 0 saturated heterocycles. The van der Waals surface area contributed by atoms with E-state index in [0.717, 1.165) is 18.5 Å². The molecule has 0 aliphatic rings. The number of hydrogen-bond acceptors (Lipinski definition) is 2. The van der Waals surface area contributed by atoms with Crippen molar-refractivity contribution in [3.05, 3.63) is 11.1 Å². The Morgan fingerprint density at radius 3 is 2.82 bits per heavy atom. The lowest BCUT2D eigenvalue weighted by Gasteiger charge is -2.08. The van der Waals surface area contributed by atoms with Gasteiger partial charge in [-0.25, -0.2) is 0 Å². The van der Waals surface area contributed by atoms with E-state index in [2.05, 4.69) is 5.32 Å². The maximum absolute atomic E-state index is 9.13. The molecule has 0 rings (SSSR count). The van der Waals surface area contributed by atoms with E-state index in [4.69, 9.17) is 16.7 Å². The molecule has 0 spiro atoms. The quantitative estimate of drug-likeness (QED) is 0.667. The summed E-state index contributed by atoms with van der Waals surface area (Å²) in [6.07, 6.45) is 0.550. The van der Waals surface area contributed by atoms with Crippen LogP contribution in [0.4, 0.5) is 0 Å². The van der Waals surface area contributed by atoms with E-state index in [1.807, 2.05) is 13.8 Å². The zero-order valence-corrected chi connectivity index (χ0v) is 7.86. The summed E-state index contributed by atoms with van der Waals surface area (Å²) >= 11 is 5.44. The molecule has 1 unspecified atom stereocenters. The van der Waals surface area contributed by atoms with Gasteiger partial charge in [-0.1, -0.05) is 18.5 Å². The first-order valence-corrected chi connectivity index (χ1v) is 4.29. The van der Waals surface area contributed by atoms with Crippen LogP contribution in [0, 0.1) is 0 Å². The monoisotopic (exact) mass is 177 g/mol. The van der Waals surface area contributed by atoms with Crippen molar-refractivity contribution in [2.24, 2.45) is 0 Å². The second-order valence-corrected chi connectivity index (χ2v) is 2.87. The largest absolute Gasteiger partial charge is 0.392 e. The first-order valence-electron chi connectivity index (χ1n) is 3.85. The number of nitrogens with one attached hydrogen (secondary N) is 1. The smallest absolute Gasteiger partial charge is 0.0662 e. The molecule has 3 heteroatoms. The van der Waals surface area contributed by atoms with Crippen molar-refractivity contribution in [2.45, 2.75) is 26.4 Å². The Kier molecular flexibility index (Phi) is 6.62. The van der Waals surface area contributed by atoms with E-state index in [0.29, 0.717) is 6.54 Å². The molecule has 0 bridgehead atoms. The molecule has 1 atom stereocenters. The van der Waals surface area contributed by atoms with Crippen LogP contribution in [-0.4, -0.2) is 24.3 Å². The average molecular weight is 178 g/mol. The highest BCUT2D eigenvalue weighted by Gasteiger charge is 1.98. The Labute approximate surface area is 73.3 Å². The van der Waals surface area contributed by atoms with Crippen LogP contribution < -0.4 is 5.32 Å². The molecule has 2 N–H and O–H groups in total. The number of aliphatic hydroxyl groups is 1. The molecule has 0 saturated carbocycles. The van der Waals surface area contributed by atoms with E-state index in [9.17, 15) is 0 Å². The second-order valence-electron chi connectivity index (χ2n) is 2.65. The fourth-order valence-electron chi connectivity index (χ4n) is 0.619. The number of halogens is 1. The fraction of sp³-hybridized carbons (Fsp3) is 0.750. The molecule has 66 valence electrons. The predicted molar refractivity (Wildman–Crippen MR) is 48.8 cm³/mol. The first-order chi connectivity index (χ1) is 5.20. The van der Waals surface area contributed by atoms with Crippen molar-refractivity contribution in [2.75, 3.05) is 13.1 Å². The summed E-state index contributed by atoms with van der Waals surface area (Å²) in [6.45, 7) is 5.29. The average Bonchev–Trinajstić information content (AvgIpc) is 2.04. The zero-order valence-electron chi connectivity index (χ0n) is 7.10. The highest BCUT2D eigenvalue weighted by Crippen LogP contribution is 1.93. The van der Waals surface area contributed by atoms with E-state index >= 15 is 0 Å². The highest BCUT2D eigenvalue weighted by molar-refractivity contribution is 6.25. The normalized spacial score (nSPS) is 15.1. The number of rotatable bonds is 5. The second kappa shape index (κ2) is 6.65. The van der Waals surface area contributed by atoms with Crippen LogP contribution in [-0.2, 0) is 0 Å². The first kappa shape index (κ1) is 11.0. The molecule has 11 heavy (non-hydrogen) atoms. The molecule has 0 aromatic heterocycles. The van der Waals surface area contributed by atoms with Crippen LogP contribution in [0.2, 0.25) is 0 Å². The third-order valence-electron chi connectivity index (χ3n) is 1.44. The highest BCUT2D eigenvalue weighted by atomic mass is 35.5. The third kappa shape index (κ3) is 6.35. The molecule has 2 nitrogen and oxygen atoms in total. The Balaban J connectivity index is 3.27. The van der Waals surface area contributed by atoms with Gasteiger partial charge in [-0.3, -0.25) is 0 Å². The lowest BCUT2D eigenvalue weighted by Crippen LogP contribution is -2.27. The van der Waals surface area contributed by atoms with Gasteiger partial charge < -0.3 is 10.4 Å². The number of aliphatic hydroxyl groups excluding tert-OH is 1. The van der Waals surface area contributed by atoms with Crippen LogP contribution in [0.15, 0.2) is 11.1 Å². The van der Waals surface area contributed by atoms with Gasteiger partial charge >= 0.3 is 0 Å². The van der Waals surface area contributed by atoms with Crippen LogP contribution in [0.5, 0.6) is 0 Å². The summed E-state index contributed by atoms with van der Waals surface area (Å²) in [7, 11) is 0. The topological polar surface area (TPSA) is 32.3 Å². The fourth-order valence-corrected chi connectivity index (χ4v) is 0.696. The number of hydrogen-bond donors (Lipinski definition) is 2. The van der Waals surface area contributed by atoms with Gasteiger partial charge in [0, 0.05) is 18.6 Å². The van der Waals surface area contributed by atoms with E-state index in [1.165, 1.54) is 0 Å². The van der Waals surface area contributed by atoms with Gasteiger partial charge in [0.15, 0.2) is 0 Å². The summed E-state index contributed by atoms with van der Waals surface area (Å²) in [6, 6.07) is 0. The summed E-state index contributed by atoms with van der Waals surface area (Å²) in [4.78, 5) is 0. The molecule has 0 amide bonds. The molecule has 0 aromatic rings. The van der Waals surface area contributed by atoms with Gasteiger partial charge in [0.25, 0.3) is 0 Å². The maximum Gasteiger partial charge on any atom is 0.0662 e. The maximum atomic E-state index is 9.13. The minimum atomic E-state index is -0.238. The molecular formula is C8H16ClNO. The van der Waals surface area contributed by atoms with Gasteiger partial charge in [-0.15, -0.1) is 0 Å². The Morgan fingerprint density at radius 1 is 1.73 bits per heavy atom. The van der Waals surface area contributed by atoms with E-state index < -0.39 is 0 Å². The van der Waals surface area contributed by atoms with Crippen LogP contribution in [0.25, 0.3) is 0 Å².